The van der Waals surface area contributed by atoms with E-state index in [1.54, 1.807) is 0 Å². The Morgan fingerprint density at radius 1 is 1.05 bits per heavy atom. The van der Waals surface area contributed by atoms with Gasteiger partial charge in [-0.3, -0.25) is 4.79 Å². The highest BCUT2D eigenvalue weighted by molar-refractivity contribution is 5.91. The number of amides is 1. The SMILES string of the molecule is Cc1ccccc1NC(=O)CCn1ccc2ccccc21. The van der Waals surface area contributed by atoms with E-state index in [9.17, 15) is 4.79 Å². The lowest BCUT2D eigenvalue weighted by atomic mass is 10.2. The Labute approximate surface area is 124 Å². The van der Waals surface area contributed by atoms with E-state index < -0.39 is 0 Å². The van der Waals surface area contributed by atoms with Crippen LogP contribution in [0.2, 0.25) is 0 Å². The summed E-state index contributed by atoms with van der Waals surface area (Å²) in [6, 6.07) is 18.1. The second-order valence-corrected chi connectivity index (χ2v) is 5.18. The average Bonchev–Trinajstić information content (AvgIpc) is 2.91. The van der Waals surface area contributed by atoms with Gasteiger partial charge in [-0.25, -0.2) is 0 Å². The fourth-order valence-electron chi connectivity index (χ4n) is 2.48. The molecule has 0 aliphatic carbocycles. The largest absolute Gasteiger partial charge is 0.347 e. The zero-order valence-electron chi connectivity index (χ0n) is 12.0. The van der Waals surface area contributed by atoms with E-state index in [0.29, 0.717) is 13.0 Å². The predicted octanol–water partition coefficient (Wildman–Crippen LogP) is 3.98. The summed E-state index contributed by atoms with van der Waals surface area (Å²) >= 11 is 0. The van der Waals surface area contributed by atoms with E-state index in [0.717, 1.165) is 11.3 Å². The standard InChI is InChI=1S/C18H18N2O/c1-14-6-2-4-8-16(14)19-18(21)11-13-20-12-10-15-7-3-5-9-17(15)20/h2-10,12H,11,13H2,1H3,(H,19,21). The number of fused-ring (bicyclic) bond motifs is 1. The molecule has 0 atom stereocenters. The minimum atomic E-state index is 0.0436. The van der Waals surface area contributed by atoms with Crippen LogP contribution in [-0.2, 0) is 11.3 Å². The van der Waals surface area contributed by atoms with Crippen LogP contribution in [0.25, 0.3) is 10.9 Å². The molecule has 0 fully saturated rings. The molecular formula is C18H18N2O. The first-order chi connectivity index (χ1) is 10.2. The number of nitrogens with zero attached hydrogens (tertiary/aromatic N) is 1. The fourth-order valence-corrected chi connectivity index (χ4v) is 2.48. The molecule has 0 aliphatic heterocycles. The molecule has 0 bridgehead atoms. The van der Waals surface area contributed by atoms with Gasteiger partial charge in [-0.1, -0.05) is 36.4 Å². The lowest BCUT2D eigenvalue weighted by molar-refractivity contribution is -0.116. The highest BCUT2D eigenvalue weighted by Crippen LogP contribution is 2.16. The van der Waals surface area contributed by atoms with Crippen LogP contribution in [0.1, 0.15) is 12.0 Å². The highest BCUT2D eigenvalue weighted by atomic mass is 16.1. The maximum Gasteiger partial charge on any atom is 0.226 e. The van der Waals surface area contributed by atoms with Crippen LogP contribution in [0, 0.1) is 6.92 Å². The summed E-state index contributed by atoms with van der Waals surface area (Å²) in [6.07, 6.45) is 2.50. The van der Waals surface area contributed by atoms with Gasteiger partial charge in [0.1, 0.15) is 0 Å². The van der Waals surface area contributed by atoms with Crippen LogP contribution in [0.5, 0.6) is 0 Å². The molecule has 21 heavy (non-hydrogen) atoms. The number of carbonyl (C=O) groups is 1. The van der Waals surface area contributed by atoms with Crippen molar-refractivity contribution in [1.82, 2.24) is 4.57 Å². The molecule has 1 N–H and O–H groups in total. The lowest BCUT2D eigenvalue weighted by Gasteiger charge is -2.09. The van der Waals surface area contributed by atoms with Crippen LogP contribution in [0.4, 0.5) is 5.69 Å². The first-order valence-electron chi connectivity index (χ1n) is 7.13. The zero-order chi connectivity index (χ0) is 14.7. The summed E-state index contributed by atoms with van der Waals surface area (Å²) in [6.45, 7) is 2.68. The van der Waals surface area contributed by atoms with Crippen LogP contribution in [-0.4, -0.2) is 10.5 Å². The molecule has 0 saturated carbocycles. The number of aromatic nitrogens is 1. The molecule has 3 aromatic rings. The second kappa shape index (κ2) is 5.83. The number of nitrogens with one attached hydrogen (secondary N) is 1. The molecule has 3 heteroatoms. The molecule has 0 unspecified atom stereocenters. The number of carbonyl (C=O) groups excluding carboxylic acids is 1. The van der Waals surface area contributed by atoms with E-state index in [4.69, 9.17) is 0 Å². The number of aryl methyl sites for hydroxylation is 2. The van der Waals surface area contributed by atoms with Crippen LogP contribution >= 0.6 is 0 Å². The normalized spacial score (nSPS) is 10.7. The highest BCUT2D eigenvalue weighted by Gasteiger charge is 2.06. The van der Waals surface area contributed by atoms with Crippen molar-refractivity contribution in [3.8, 4) is 0 Å². The quantitative estimate of drug-likeness (QED) is 0.769. The number of benzene rings is 2. The van der Waals surface area contributed by atoms with Gasteiger partial charge in [-0.2, -0.15) is 0 Å². The third-order valence-corrected chi connectivity index (χ3v) is 3.68. The van der Waals surface area contributed by atoms with Gasteiger partial charge < -0.3 is 9.88 Å². The van der Waals surface area contributed by atoms with Gasteiger partial charge in [0.15, 0.2) is 0 Å². The second-order valence-electron chi connectivity index (χ2n) is 5.18. The Morgan fingerprint density at radius 3 is 2.67 bits per heavy atom. The summed E-state index contributed by atoms with van der Waals surface area (Å²) in [5, 5.41) is 4.17. The fraction of sp³-hybridized carbons (Fsp3) is 0.167. The van der Waals surface area contributed by atoms with Crippen LogP contribution in [0.3, 0.4) is 0 Å². The van der Waals surface area contributed by atoms with Gasteiger partial charge in [-0.15, -0.1) is 0 Å². The van der Waals surface area contributed by atoms with E-state index >= 15 is 0 Å². The minimum Gasteiger partial charge on any atom is -0.347 e. The predicted molar refractivity (Wildman–Crippen MR) is 86.4 cm³/mol. The van der Waals surface area contributed by atoms with Gasteiger partial charge in [0.05, 0.1) is 0 Å². The Kier molecular flexibility index (Phi) is 3.73. The molecule has 0 radical (unpaired) electrons. The number of anilines is 1. The molecule has 3 rings (SSSR count). The topological polar surface area (TPSA) is 34.0 Å². The van der Waals surface area contributed by atoms with Crippen molar-refractivity contribution in [3.05, 3.63) is 66.4 Å². The molecule has 1 amide bonds. The van der Waals surface area contributed by atoms with Crippen molar-refractivity contribution < 1.29 is 4.79 Å². The van der Waals surface area contributed by atoms with E-state index in [2.05, 4.69) is 28.1 Å². The van der Waals surface area contributed by atoms with Crippen molar-refractivity contribution in [3.63, 3.8) is 0 Å². The third kappa shape index (κ3) is 2.97. The molecule has 3 nitrogen and oxygen atoms in total. The number of hydrogen-bond acceptors (Lipinski definition) is 1. The van der Waals surface area contributed by atoms with Crippen molar-refractivity contribution in [2.45, 2.75) is 19.9 Å². The Balaban J connectivity index is 1.65. The number of hydrogen-bond donors (Lipinski definition) is 1. The van der Waals surface area contributed by atoms with Gasteiger partial charge in [-0.05, 0) is 36.1 Å². The molecule has 1 heterocycles. The van der Waals surface area contributed by atoms with Crippen molar-refractivity contribution in [2.75, 3.05) is 5.32 Å². The average molecular weight is 278 g/mol. The zero-order valence-corrected chi connectivity index (χ0v) is 12.0. The number of rotatable bonds is 4. The summed E-state index contributed by atoms with van der Waals surface area (Å²) in [4.78, 5) is 12.1. The maximum atomic E-state index is 12.1. The molecule has 0 saturated heterocycles. The monoisotopic (exact) mass is 278 g/mol. The maximum absolute atomic E-state index is 12.1. The van der Waals surface area contributed by atoms with E-state index in [1.165, 1.54) is 10.9 Å². The minimum absolute atomic E-state index is 0.0436. The van der Waals surface area contributed by atoms with E-state index in [1.807, 2.05) is 49.5 Å². The lowest BCUT2D eigenvalue weighted by Crippen LogP contribution is -2.14. The van der Waals surface area contributed by atoms with Gasteiger partial charge >= 0.3 is 0 Å². The van der Waals surface area contributed by atoms with Crippen molar-refractivity contribution >= 4 is 22.5 Å². The first-order valence-corrected chi connectivity index (χ1v) is 7.13. The van der Waals surface area contributed by atoms with E-state index in [-0.39, 0.29) is 5.91 Å². The Bertz CT molecular complexity index is 773. The third-order valence-electron chi connectivity index (χ3n) is 3.68. The van der Waals surface area contributed by atoms with Gasteiger partial charge in [0.25, 0.3) is 0 Å². The van der Waals surface area contributed by atoms with Gasteiger partial charge in [0.2, 0.25) is 5.91 Å². The van der Waals surface area contributed by atoms with Crippen LogP contribution < -0.4 is 5.32 Å². The van der Waals surface area contributed by atoms with Crippen molar-refractivity contribution in [1.29, 1.82) is 0 Å². The van der Waals surface area contributed by atoms with Crippen molar-refractivity contribution in [2.24, 2.45) is 0 Å². The Hall–Kier alpha value is -2.55. The molecule has 0 spiro atoms. The summed E-state index contributed by atoms with van der Waals surface area (Å²) < 4.78 is 2.12. The molecule has 1 aromatic heterocycles. The molecule has 106 valence electrons. The molecule has 0 aliphatic rings. The molecule has 2 aromatic carbocycles. The molecular weight excluding hydrogens is 260 g/mol. The summed E-state index contributed by atoms with van der Waals surface area (Å²) in [7, 11) is 0. The smallest absolute Gasteiger partial charge is 0.226 e. The summed E-state index contributed by atoms with van der Waals surface area (Å²) in [5.74, 6) is 0.0436. The summed E-state index contributed by atoms with van der Waals surface area (Å²) in [5.41, 5.74) is 3.14. The first kappa shape index (κ1) is 13.4. The number of para-hydroxylation sites is 2. The Morgan fingerprint density at radius 2 is 1.81 bits per heavy atom. The van der Waals surface area contributed by atoms with Gasteiger partial charge in [0, 0.05) is 30.4 Å². The van der Waals surface area contributed by atoms with Crippen LogP contribution in [0.15, 0.2) is 60.8 Å².